The molecule has 0 aliphatic carbocycles. The predicted octanol–water partition coefficient (Wildman–Crippen LogP) is 4.23. The van der Waals surface area contributed by atoms with Crippen molar-refractivity contribution in [1.82, 2.24) is 10.3 Å². The van der Waals surface area contributed by atoms with Crippen LogP contribution >= 0.6 is 11.3 Å². The van der Waals surface area contributed by atoms with E-state index in [0.717, 1.165) is 10.3 Å². The number of hydrogen-bond donors (Lipinski definition) is 1. The Morgan fingerprint density at radius 3 is 2.68 bits per heavy atom. The standard InChI is InChI=1S/C17H15FN2OS/c1-10-15-13(18)4-3-5-14(15)22-16(10)17(21)20-11(2)12-6-8-19-9-7-12/h3-9,11H,1-2H3,(H,20,21). The van der Waals surface area contributed by atoms with E-state index >= 15 is 0 Å². The fraction of sp³-hybridized carbons (Fsp3) is 0.176. The van der Waals surface area contributed by atoms with E-state index in [1.54, 1.807) is 25.4 Å². The van der Waals surface area contributed by atoms with Crippen LogP contribution in [-0.4, -0.2) is 10.9 Å². The molecule has 5 heteroatoms. The number of rotatable bonds is 3. The minimum absolute atomic E-state index is 0.134. The largest absolute Gasteiger partial charge is 0.345 e. The van der Waals surface area contributed by atoms with Gasteiger partial charge in [-0.3, -0.25) is 9.78 Å². The predicted molar refractivity (Wildman–Crippen MR) is 86.6 cm³/mol. The zero-order valence-corrected chi connectivity index (χ0v) is 13.1. The summed E-state index contributed by atoms with van der Waals surface area (Å²) in [5, 5.41) is 3.49. The van der Waals surface area contributed by atoms with Gasteiger partial charge in [-0.15, -0.1) is 11.3 Å². The number of amides is 1. The maximum atomic E-state index is 13.9. The molecule has 0 saturated heterocycles. The highest BCUT2D eigenvalue weighted by molar-refractivity contribution is 7.21. The molecule has 3 aromatic rings. The lowest BCUT2D eigenvalue weighted by molar-refractivity contribution is 0.0943. The van der Waals surface area contributed by atoms with Gasteiger partial charge < -0.3 is 5.32 Å². The van der Waals surface area contributed by atoms with Gasteiger partial charge >= 0.3 is 0 Å². The quantitative estimate of drug-likeness (QED) is 0.786. The van der Waals surface area contributed by atoms with Crippen molar-refractivity contribution in [3.63, 3.8) is 0 Å². The summed E-state index contributed by atoms with van der Waals surface area (Å²) in [5.41, 5.74) is 1.67. The third-order valence-corrected chi connectivity index (χ3v) is 4.92. The van der Waals surface area contributed by atoms with E-state index in [1.807, 2.05) is 25.1 Å². The second-order valence-electron chi connectivity index (χ2n) is 5.14. The second kappa shape index (κ2) is 5.85. The Bertz CT molecular complexity index is 829. The number of nitrogens with one attached hydrogen (secondary N) is 1. The number of halogens is 1. The molecule has 112 valence electrons. The van der Waals surface area contributed by atoms with E-state index in [-0.39, 0.29) is 17.8 Å². The van der Waals surface area contributed by atoms with Crippen LogP contribution in [0.4, 0.5) is 4.39 Å². The van der Waals surface area contributed by atoms with Crippen molar-refractivity contribution in [2.75, 3.05) is 0 Å². The van der Waals surface area contributed by atoms with Crippen molar-refractivity contribution >= 4 is 27.3 Å². The number of carbonyl (C=O) groups is 1. The van der Waals surface area contributed by atoms with Crippen molar-refractivity contribution in [3.05, 3.63) is 64.5 Å². The normalized spacial score (nSPS) is 12.3. The summed E-state index contributed by atoms with van der Waals surface area (Å²) >= 11 is 1.32. The Balaban J connectivity index is 1.90. The molecular formula is C17H15FN2OS. The lowest BCUT2D eigenvalue weighted by Crippen LogP contribution is -2.26. The fourth-order valence-electron chi connectivity index (χ4n) is 2.47. The molecule has 0 saturated carbocycles. The third-order valence-electron chi connectivity index (χ3n) is 3.66. The SMILES string of the molecule is Cc1c(C(=O)NC(C)c2ccncc2)sc2cccc(F)c12. The Morgan fingerprint density at radius 1 is 1.27 bits per heavy atom. The molecule has 0 spiro atoms. The summed E-state index contributed by atoms with van der Waals surface area (Å²) in [6, 6.07) is 8.51. The van der Waals surface area contributed by atoms with Crippen LogP contribution in [0.15, 0.2) is 42.7 Å². The van der Waals surface area contributed by atoms with E-state index < -0.39 is 0 Å². The maximum Gasteiger partial charge on any atom is 0.262 e. The molecule has 0 bridgehead atoms. The molecule has 0 radical (unpaired) electrons. The summed E-state index contributed by atoms with van der Waals surface area (Å²) in [6.45, 7) is 3.70. The van der Waals surface area contributed by atoms with Crippen molar-refractivity contribution in [2.45, 2.75) is 19.9 Å². The number of nitrogens with zero attached hydrogens (tertiary/aromatic N) is 1. The first-order valence-corrected chi connectivity index (χ1v) is 7.78. The molecule has 1 aromatic carbocycles. The molecule has 1 N–H and O–H groups in total. The number of hydrogen-bond acceptors (Lipinski definition) is 3. The van der Waals surface area contributed by atoms with Crippen LogP contribution in [0, 0.1) is 12.7 Å². The molecule has 1 atom stereocenters. The molecular weight excluding hydrogens is 299 g/mol. The summed E-state index contributed by atoms with van der Waals surface area (Å²) in [6.07, 6.45) is 3.39. The van der Waals surface area contributed by atoms with E-state index in [9.17, 15) is 9.18 Å². The molecule has 3 nitrogen and oxygen atoms in total. The Kier molecular flexibility index (Phi) is 3.90. The summed E-state index contributed by atoms with van der Waals surface area (Å²) in [7, 11) is 0. The first kappa shape index (κ1) is 14.7. The number of carbonyl (C=O) groups excluding carboxylic acids is 1. The van der Waals surface area contributed by atoms with Gasteiger partial charge in [0, 0.05) is 22.5 Å². The number of pyridine rings is 1. The average Bonchev–Trinajstić information content (AvgIpc) is 2.86. The first-order chi connectivity index (χ1) is 10.6. The van der Waals surface area contributed by atoms with Gasteiger partial charge in [-0.25, -0.2) is 4.39 Å². The molecule has 2 aromatic heterocycles. The van der Waals surface area contributed by atoms with Crippen LogP contribution in [0.3, 0.4) is 0 Å². The van der Waals surface area contributed by atoms with Gasteiger partial charge in [-0.05, 0) is 49.2 Å². The third kappa shape index (κ3) is 2.60. The summed E-state index contributed by atoms with van der Waals surface area (Å²) in [5.74, 6) is -0.463. The van der Waals surface area contributed by atoms with Crippen molar-refractivity contribution in [1.29, 1.82) is 0 Å². The summed E-state index contributed by atoms with van der Waals surface area (Å²) in [4.78, 5) is 17.0. The van der Waals surface area contributed by atoms with Gasteiger partial charge in [0.05, 0.1) is 10.9 Å². The Hall–Kier alpha value is -2.27. The van der Waals surface area contributed by atoms with E-state index in [2.05, 4.69) is 10.3 Å². The van der Waals surface area contributed by atoms with Crippen molar-refractivity contribution < 1.29 is 9.18 Å². The first-order valence-electron chi connectivity index (χ1n) is 6.96. The minimum Gasteiger partial charge on any atom is -0.345 e. The molecule has 0 aliphatic rings. The van der Waals surface area contributed by atoms with Gasteiger partial charge in [0.1, 0.15) is 5.82 Å². The van der Waals surface area contributed by atoms with E-state index in [1.165, 1.54) is 17.4 Å². The molecule has 0 fully saturated rings. The fourth-order valence-corrected chi connectivity index (χ4v) is 3.59. The smallest absolute Gasteiger partial charge is 0.262 e. The molecule has 1 unspecified atom stereocenters. The van der Waals surface area contributed by atoms with Crippen LogP contribution in [0.25, 0.3) is 10.1 Å². The molecule has 3 rings (SSSR count). The van der Waals surface area contributed by atoms with Gasteiger partial charge in [-0.2, -0.15) is 0 Å². The number of benzene rings is 1. The van der Waals surface area contributed by atoms with Crippen LogP contribution < -0.4 is 5.32 Å². The maximum absolute atomic E-state index is 13.9. The average molecular weight is 314 g/mol. The van der Waals surface area contributed by atoms with Gasteiger partial charge in [0.25, 0.3) is 5.91 Å². The van der Waals surface area contributed by atoms with Crippen LogP contribution in [0.1, 0.15) is 33.8 Å². The zero-order valence-electron chi connectivity index (χ0n) is 12.3. The van der Waals surface area contributed by atoms with E-state index in [4.69, 9.17) is 0 Å². The lowest BCUT2D eigenvalue weighted by Gasteiger charge is -2.13. The molecule has 22 heavy (non-hydrogen) atoms. The topological polar surface area (TPSA) is 42.0 Å². The van der Waals surface area contributed by atoms with Crippen LogP contribution in [-0.2, 0) is 0 Å². The molecule has 2 heterocycles. The van der Waals surface area contributed by atoms with E-state index in [0.29, 0.717) is 15.8 Å². The number of aryl methyl sites for hydroxylation is 1. The Labute approximate surface area is 131 Å². The number of aromatic nitrogens is 1. The highest BCUT2D eigenvalue weighted by atomic mass is 32.1. The molecule has 0 aliphatic heterocycles. The highest BCUT2D eigenvalue weighted by Crippen LogP contribution is 2.32. The lowest BCUT2D eigenvalue weighted by atomic mass is 10.1. The van der Waals surface area contributed by atoms with Gasteiger partial charge in [0.15, 0.2) is 0 Å². The van der Waals surface area contributed by atoms with Crippen molar-refractivity contribution in [2.24, 2.45) is 0 Å². The number of thiophene rings is 1. The minimum atomic E-state index is -0.285. The van der Waals surface area contributed by atoms with Crippen molar-refractivity contribution in [3.8, 4) is 0 Å². The Morgan fingerprint density at radius 2 is 2.00 bits per heavy atom. The van der Waals surface area contributed by atoms with Crippen LogP contribution in [0.2, 0.25) is 0 Å². The number of fused-ring (bicyclic) bond motifs is 1. The molecule has 1 amide bonds. The van der Waals surface area contributed by atoms with Gasteiger partial charge in [0.2, 0.25) is 0 Å². The summed E-state index contributed by atoms with van der Waals surface area (Å²) < 4.78 is 14.7. The zero-order chi connectivity index (χ0) is 15.7. The van der Waals surface area contributed by atoms with Gasteiger partial charge in [-0.1, -0.05) is 6.07 Å². The monoisotopic (exact) mass is 314 g/mol. The van der Waals surface area contributed by atoms with Crippen LogP contribution in [0.5, 0.6) is 0 Å². The second-order valence-corrected chi connectivity index (χ2v) is 6.20. The highest BCUT2D eigenvalue weighted by Gasteiger charge is 2.19.